The fourth-order valence-corrected chi connectivity index (χ4v) is 2.21. The minimum absolute atomic E-state index is 0.120. The minimum atomic E-state index is -1.47. The van der Waals surface area contributed by atoms with E-state index in [1.165, 1.54) is 13.0 Å². The van der Waals surface area contributed by atoms with E-state index in [1.54, 1.807) is 24.3 Å². The lowest BCUT2D eigenvalue weighted by atomic mass is 10.0. The molecule has 1 heterocycles. The van der Waals surface area contributed by atoms with Gasteiger partial charge in [-0.15, -0.1) is 0 Å². The van der Waals surface area contributed by atoms with Crippen molar-refractivity contribution in [3.63, 3.8) is 0 Å². The Bertz CT molecular complexity index is 744. The molecule has 2 nitrogen and oxygen atoms in total. The first-order valence-electron chi connectivity index (χ1n) is 6.19. The summed E-state index contributed by atoms with van der Waals surface area (Å²) in [5.41, 5.74) is 0.454. The van der Waals surface area contributed by atoms with Gasteiger partial charge in [0.1, 0.15) is 29.1 Å². The van der Waals surface area contributed by atoms with E-state index in [0.717, 1.165) is 11.5 Å². The van der Waals surface area contributed by atoms with Gasteiger partial charge in [-0.2, -0.15) is 0 Å². The van der Waals surface area contributed by atoms with E-state index in [0.29, 0.717) is 5.58 Å². The van der Waals surface area contributed by atoms with Crippen LogP contribution in [0.25, 0.3) is 11.0 Å². The van der Waals surface area contributed by atoms with Crippen molar-refractivity contribution in [1.82, 2.24) is 0 Å². The van der Waals surface area contributed by atoms with Crippen LogP contribution in [0.15, 0.2) is 46.9 Å². The van der Waals surface area contributed by atoms with Crippen LogP contribution in [0.5, 0.6) is 0 Å². The second-order valence-corrected chi connectivity index (χ2v) is 4.68. The molecule has 0 saturated carbocycles. The third-order valence-electron chi connectivity index (χ3n) is 3.31. The molecule has 3 rings (SSSR count). The highest BCUT2D eigenvalue weighted by molar-refractivity contribution is 5.77. The van der Waals surface area contributed by atoms with Gasteiger partial charge in [-0.25, -0.2) is 8.78 Å². The number of rotatable bonds is 2. The Kier molecular flexibility index (Phi) is 3.03. The predicted octanol–water partition coefficient (Wildman–Crippen LogP) is 4.10. The van der Waals surface area contributed by atoms with Crippen molar-refractivity contribution < 1.29 is 18.3 Å². The molecular formula is C16H12F2O2. The van der Waals surface area contributed by atoms with E-state index in [-0.39, 0.29) is 16.9 Å². The number of aryl methyl sites for hydroxylation is 1. The average Bonchev–Trinajstić information content (AvgIpc) is 2.87. The van der Waals surface area contributed by atoms with E-state index in [1.807, 2.05) is 6.07 Å². The molecule has 1 aromatic heterocycles. The highest BCUT2D eigenvalue weighted by atomic mass is 19.1. The number of hydrogen-bond donors (Lipinski definition) is 1. The van der Waals surface area contributed by atoms with Crippen LogP contribution < -0.4 is 0 Å². The van der Waals surface area contributed by atoms with E-state index in [4.69, 9.17) is 4.42 Å². The largest absolute Gasteiger partial charge is 0.458 e. The van der Waals surface area contributed by atoms with E-state index < -0.39 is 17.7 Å². The monoisotopic (exact) mass is 274 g/mol. The van der Waals surface area contributed by atoms with Crippen LogP contribution in [0.1, 0.15) is 23.0 Å². The summed E-state index contributed by atoms with van der Waals surface area (Å²) in [6, 6.07) is 11.2. The lowest BCUT2D eigenvalue weighted by molar-refractivity contribution is 0.182. The van der Waals surface area contributed by atoms with Gasteiger partial charge in [0.05, 0.1) is 5.56 Å². The lowest BCUT2D eigenvalue weighted by Gasteiger charge is -2.11. The van der Waals surface area contributed by atoms with Gasteiger partial charge in [-0.05, 0) is 30.7 Å². The number of aliphatic hydroxyl groups excluding tert-OH is 1. The normalized spacial score (nSPS) is 12.8. The number of para-hydroxylation sites is 1. The Balaban J connectivity index is 2.13. The number of fused-ring (bicyclic) bond motifs is 1. The second kappa shape index (κ2) is 4.72. The zero-order chi connectivity index (χ0) is 14.3. The highest BCUT2D eigenvalue weighted by Crippen LogP contribution is 2.31. The van der Waals surface area contributed by atoms with Gasteiger partial charge in [0.2, 0.25) is 0 Å². The van der Waals surface area contributed by atoms with Gasteiger partial charge in [-0.1, -0.05) is 24.3 Å². The highest BCUT2D eigenvalue weighted by Gasteiger charge is 2.24. The molecule has 1 atom stereocenters. The molecule has 0 aliphatic rings. The maximum absolute atomic E-state index is 14.0. The van der Waals surface area contributed by atoms with Crippen molar-refractivity contribution >= 4 is 11.0 Å². The van der Waals surface area contributed by atoms with Crippen molar-refractivity contribution in [1.29, 1.82) is 0 Å². The third-order valence-corrected chi connectivity index (χ3v) is 3.31. The molecule has 0 aliphatic heterocycles. The molecule has 2 aromatic carbocycles. The number of benzene rings is 2. The first-order valence-corrected chi connectivity index (χ1v) is 6.19. The molecule has 0 bridgehead atoms. The maximum Gasteiger partial charge on any atom is 0.142 e. The van der Waals surface area contributed by atoms with Gasteiger partial charge in [0.15, 0.2) is 0 Å². The zero-order valence-corrected chi connectivity index (χ0v) is 10.7. The van der Waals surface area contributed by atoms with Gasteiger partial charge >= 0.3 is 0 Å². The summed E-state index contributed by atoms with van der Waals surface area (Å²) in [5, 5.41) is 11.0. The molecule has 20 heavy (non-hydrogen) atoms. The number of furan rings is 1. The standard InChI is InChI=1S/C16H12F2O2/c1-9-6-7-11(17)14(15(9)18)16(19)13-8-10-4-2-3-5-12(10)20-13/h2-8,16,19H,1H3. The summed E-state index contributed by atoms with van der Waals surface area (Å²) in [6.07, 6.45) is -1.47. The van der Waals surface area contributed by atoms with Crippen molar-refractivity contribution in [2.24, 2.45) is 0 Å². The van der Waals surface area contributed by atoms with Crippen LogP contribution in [-0.2, 0) is 0 Å². The van der Waals surface area contributed by atoms with Gasteiger partial charge in [-0.3, -0.25) is 0 Å². The van der Waals surface area contributed by atoms with Crippen LogP contribution in [0, 0.1) is 18.6 Å². The van der Waals surface area contributed by atoms with Gasteiger partial charge in [0, 0.05) is 5.39 Å². The third kappa shape index (κ3) is 1.98. The molecule has 3 aromatic rings. The molecule has 102 valence electrons. The average molecular weight is 274 g/mol. The van der Waals surface area contributed by atoms with Crippen molar-refractivity contribution in [3.05, 3.63) is 71.0 Å². The molecule has 0 fully saturated rings. The van der Waals surface area contributed by atoms with Crippen LogP contribution in [0.3, 0.4) is 0 Å². The summed E-state index contributed by atoms with van der Waals surface area (Å²) < 4.78 is 33.2. The molecule has 0 spiro atoms. The van der Waals surface area contributed by atoms with Crippen LogP contribution in [-0.4, -0.2) is 5.11 Å². The van der Waals surface area contributed by atoms with Crippen LogP contribution in [0.2, 0.25) is 0 Å². The van der Waals surface area contributed by atoms with Crippen molar-refractivity contribution in [3.8, 4) is 0 Å². The quantitative estimate of drug-likeness (QED) is 0.763. The minimum Gasteiger partial charge on any atom is -0.458 e. The number of halogens is 2. The summed E-state index contributed by atoms with van der Waals surface area (Å²) >= 11 is 0. The summed E-state index contributed by atoms with van der Waals surface area (Å²) in [4.78, 5) is 0. The Labute approximate surface area is 114 Å². The number of hydrogen-bond acceptors (Lipinski definition) is 2. The lowest BCUT2D eigenvalue weighted by Crippen LogP contribution is -2.06. The van der Waals surface area contributed by atoms with Crippen molar-refractivity contribution in [2.45, 2.75) is 13.0 Å². The Hall–Kier alpha value is -2.20. The summed E-state index contributed by atoms with van der Waals surface area (Å²) in [5.74, 6) is -1.42. The van der Waals surface area contributed by atoms with Crippen LogP contribution >= 0.6 is 0 Å². The molecule has 0 amide bonds. The van der Waals surface area contributed by atoms with E-state index >= 15 is 0 Å². The summed E-state index contributed by atoms with van der Waals surface area (Å²) in [7, 11) is 0. The molecule has 0 radical (unpaired) electrons. The topological polar surface area (TPSA) is 33.4 Å². The molecule has 1 unspecified atom stereocenters. The van der Waals surface area contributed by atoms with Gasteiger partial charge in [0.25, 0.3) is 0 Å². The first-order chi connectivity index (χ1) is 9.58. The van der Waals surface area contributed by atoms with Crippen molar-refractivity contribution in [2.75, 3.05) is 0 Å². The molecule has 0 aliphatic carbocycles. The molecular weight excluding hydrogens is 262 g/mol. The predicted molar refractivity (Wildman–Crippen MR) is 71.4 cm³/mol. The maximum atomic E-state index is 14.0. The summed E-state index contributed by atoms with van der Waals surface area (Å²) in [6.45, 7) is 1.52. The Morgan fingerprint density at radius 2 is 1.85 bits per heavy atom. The zero-order valence-electron chi connectivity index (χ0n) is 10.7. The Morgan fingerprint density at radius 3 is 2.60 bits per heavy atom. The second-order valence-electron chi connectivity index (χ2n) is 4.68. The van der Waals surface area contributed by atoms with Crippen LogP contribution in [0.4, 0.5) is 8.78 Å². The van der Waals surface area contributed by atoms with E-state index in [9.17, 15) is 13.9 Å². The van der Waals surface area contributed by atoms with Gasteiger partial charge < -0.3 is 9.52 Å². The first kappa shape index (κ1) is 12.8. The molecule has 0 saturated heterocycles. The number of aliphatic hydroxyl groups is 1. The fourth-order valence-electron chi connectivity index (χ4n) is 2.21. The fraction of sp³-hybridized carbons (Fsp3) is 0.125. The SMILES string of the molecule is Cc1ccc(F)c(C(O)c2cc3ccccc3o2)c1F. The van der Waals surface area contributed by atoms with E-state index in [2.05, 4.69) is 0 Å². The smallest absolute Gasteiger partial charge is 0.142 e. The molecule has 4 heteroatoms. The Morgan fingerprint density at radius 1 is 1.10 bits per heavy atom. The molecule has 1 N–H and O–H groups in total.